The summed E-state index contributed by atoms with van der Waals surface area (Å²) in [5.74, 6) is -0.0852. The molecule has 0 aliphatic rings. The van der Waals surface area contributed by atoms with E-state index in [4.69, 9.17) is 0 Å². The Morgan fingerprint density at radius 3 is 2.40 bits per heavy atom. The van der Waals surface area contributed by atoms with Gasteiger partial charge in [0.2, 0.25) is 0 Å². The largest absolute Gasteiger partial charge is 0.310 e. The lowest BCUT2D eigenvalue weighted by Gasteiger charge is -2.20. The second kappa shape index (κ2) is 6.22. The lowest BCUT2D eigenvalue weighted by molar-refractivity contribution is -0.113. The molecule has 0 N–H and O–H groups in total. The van der Waals surface area contributed by atoms with Gasteiger partial charge in [0.05, 0.1) is 5.69 Å². The number of halogens is 1. The highest BCUT2D eigenvalue weighted by Gasteiger charge is 2.17. The second-order valence-corrected chi connectivity index (χ2v) is 5.83. The van der Waals surface area contributed by atoms with Gasteiger partial charge in [-0.15, -0.1) is 0 Å². The lowest BCUT2D eigenvalue weighted by atomic mass is 10.1. The van der Waals surface area contributed by atoms with Crippen molar-refractivity contribution >= 4 is 39.8 Å². The van der Waals surface area contributed by atoms with Gasteiger partial charge in [-0.1, -0.05) is 43.0 Å². The third-order valence-electron chi connectivity index (χ3n) is 3.15. The number of hydrogen-bond donors (Lipinski definition) is 0. The van der Waals surface area contributed by atoms with Crippen LogP contribution in [0.4, 0.5) is 5.69 Å². The molecule has 2 rings (SSSR count). The number of aryl methyl sites for hydroxylation is 1. The minimum Gasteiger partial charge on any atom is -0.310 e. The number of anilines is 1. The van der Waals surface area contributed by atoms with Crippen LogP contribution in [-0.2, 0) is 4.79 Å². The summed E-state index contributed by atoms with van der Waals surface area (Å²) in [6, 6.07) is 15.6. The first kappa shape index (κ1) is 14.8. The molecule has 20 heavy (non-hydrogen) atoms. The number of rotatable bonds is 3. The standard InChI is InChI=1S/C17H16INO/c1-12-9-10-16(15(18)11-12)19(3)17(20)13(2)14-7-5-4-6-8-14/h4-11H,2H2,1,3H3. The zero-order chi connectivity index (χ0) is 14.7. The minimum absolute atomic E-state index is 0.0852. The first-order chi connectivity index (χ1) is 9.50. The number of benzene rings is 2. The maximum atomic E-state index is 12.5. The Balaban J connectivity index is 2.27. The van der Waals surface area contributed by atoms with E-state index in [1.807, 2.05) is 49.4 Å². The van der Waals surface area contributed by atoms with Crippen molar-refractivity contribution in [3.8, 4) is 0 Å². The first-order valence-electron chi connectivity index (χ1n) is 6.29. The molecule has 0 bridgehead atoms. The van der Waals surface area contributed by atoms with Gasteiger partial charge < -0.3 is 4.90 Å². The summed E-state index contributed by atoms with van der Waals surface area (Å²) in [5, 5.41) is 0. The smallest absolute Gasteiger partial charge is 0.258 e. The minimum atomic E-state index is -0.0852. The fourth-order valence-corrected chi connectivity index (χ4v) is 2.99. The van der Waals surface area contributed by atoms with Crippen LogP contribution < -0.4 is 4.90 Å². The third-order valence-corrected chi connectivity index (χ3v) is 4.01. The van der Waals surface area contributed by atoms with Crippen molar-refractivity contribution in [3.05, 3.63) is 69.8 Å². The zero-order valence-electron chi connectivity index (χ0n) is 11.6. The number of hydrogen-bond acceptors (Lipinski definition) is 1. The van der Waals surface area contributed by atoms with E-state index in [0.717, 1.165) is 14.8 Å². The van der Waals surface area contributed by atoms with Gasteiger partial charge in [-0.05, 0) is 52.8 Å². The van der Waals surface area contributed by atoms with E-state index in [-0.39, 0.29) is 5.91 Å². The van der Waals surface area contributed by atoms with Crippen LogP contribution in [0.15, 0.2) is 55.1 Å². The summed E-state index contributed by atoms with van der Waals surface area (Å²) >= 11 is 2.25. The Kier molecular flexibility index (Phi) is 4.60. The molecule has 0 saturated carbocycles. The fraction of sp³-hybridized carbons (Fsp3) is 0.118. The quantitative estimate of drug-likeness (QED) is 0.578. The van der Waals surface area contributed by atoms with E-state index < -0.39 is 0 Å². The van der Waals surface area contributed by atoms with Gasteiger partial charge in [-0.2, -0.15) is 0 Å². The third kappa shape index (κ3) is 3.10. The molecule has 0 atom stereocenters. The summed E-state index contributed by atoms with van der Waals surface area (Å²) < 4.78 is 1.05. The van der Waals surface area contributed by atoms with Gasteiger partial charge in [0.25, 0.3) is 5.91 Å². The van der Waals surface area contributed by atoms with Crippen LogP contribution in [0.5, 0.6) is 0 Å². The highest BCUT2D eigenvalue weighted by Crippen LogP contribution is 2.25. The summed E-state index contributed by atoms with van der Waals surface area (Å²) in [5.41, 5.74) is 3.44. The van der Waals surface area contributed by atoms with Crippen LogP contribution in [0.1, 0.15) is 11.1 Å². The molecule has 102 valence electrons. The Bertz CT molecular complexity index is 649. The fourth-order valence-electron chi connectivity index (χ4n) is 1.96. The van der Waals surface area contributed by atoms with Crippen molar-refractivity contribution in [2.75, 3.05) is 11.9 Å². The normalized spacial score (nSPS) is 10.2. The number of likely N-dealkylation sites (N-methyl/N-ethyl adjacent to an activating group) is 1. The van der Waals surface area contributed by atoms with E-state index in [1.54, 1.807) is 11.9 Å². The van der Waals surface area contributed by atoms with Crippen LogP contribution >= 0.6 is 22.6 Å². The molecule has 0 saturated heterocycles. The Hall–Kier alpha value is -1.62. The lowest BCUT2D eigenvalue weighted by Crippen LogP contribution is -2.27. The molecule has 0 unspecified atom stereocenters. The first-order valence-corrected chi connectivity index (χ1v) is 7.37. The predicted octanol–water partition coefficient (Wildman–Crippen LogP) is 4.28. The van der Waals surface area contributed by atoms with Crippen LogP contribution in [-0.4, -0.2) is 13.0 Å². The summed E-state index contributed by atoms with van der Waals surface area (Å²) in [6.07, 6.45) is 0. The summed E-state index contributed by atoms with van der Waals surface area (Å²) in [6.45, 7) is 5.96. The number of carbonyl (C=O) groups excluding carboxylic acids is 1. The molecule has 2 aromatic carbocycles. The average Bonchev–Trinajstić information content (AvgIpc) is 2.46. The van der Waals surface area contributed by atoms with E-state index in [2.05, 4.69) is 35.2 Å². The molecule has 2 aromatic rings. The van der Waals surface area contributed by atoms with Crippen molar-refractivity contribution in [3.63, 3.8) is 0 Å². The zero-order valence-corrected chi connectivity index (χ0v) is 13.7. The number of amides is 1. The van der Waals surface area contributed by atoms with Gasteiger partial charge in [0, 0.05) is 16.2 Å². The van der Waals surface area contributed by atoms with Crippen molar-refractivity contribution in [2.45, 2.75) is 6.92 Å². The van der Waals surface area contributed by atoms with Crippen molar-refractivity contribution in [1.29, 1.82) is 0 Å². The van der Waals surface area contributed by atoms with E-state index in [0.29, 0.717) is 5.57 Å². The van der Waals surface area contributed by atoms with Gasteiger partial charge in [-0.3, -0.25) is 4.79 Å². The second-order valence-electron chi connectivity index (χ2n) is 4.66. The monoisotopic (exact) mass is 377 g/mol. The van der Waals surface area contributed by atoms with Crippen molar-refractivity contribution in [2.24, 2.45) is 0 Å². The maximum Gasteiger partial charge on any atom is 0.258 e. The Morgan fingerprint density at radius 2 is 1.80 bits per heavy atom. The highest BCUT2D eigenvalue weighted by atomic mass is 127. The van der Waals surface area contributed by atoms with E-state index in [9.17, 15) is 4.79 Å². The molecule has 0 aliphatic carbocycles. The molecule has 0 spiro atoms. The van der Waals surface area contributed by atoms with Gasteiger partial charge in [0.15, 0.2) is 0 Å². The van der Waals surface area contributed by atoms with E-state index in [1.165, 1.54) is 5.56 Å². The number of nitrogens with zero attached hydrogens (tertiary/aromatic N) is 1. The van der Waals surface area contributed by atoms with Crippen LogP contribution in [0.2, 0.25) is 0 Å². The Morgan fingerprint density at radius 1 is 1.15 bits per heavy atom. The van der Waals surface area contributed by atoms with Crippen LogP contribution in [0.25, 0.3) is 5.57 Å². The molecule has 0 aliphatic heterocycles. The Labute approximate surface area is 133 Å². The molecular formula is C17H16INO. The van der Waals surface area contributed by atoms with Gasteiger partial charge in [0.1, 0.15) is 0 Å². The van der Waals surface area contributed by atoms with Gasteiger partial charge in [-0.25, -0.2) is 0 Å². The van der Waals surface area contributed by atoms with Crippen molar-refractivity contribution in [1.82, 2.24) is 0 Å². The maximum absolute atomic E-state index is 12.5. The SMILES string of the molecule is C=C(C(=O)N(C)c1ccc(C)cc1I)c1ccccc1. The predicted molar refractivity (Wildman–Crippen MR) is 92.8 cm³/mol. The topological polar surface area (TPSA) is 20.3 Å². The molecule has 2 nitrogen and oxygen atoms in total. The molecular weight excluding hydrogens is 361 g/mol. The molecule has 0 heterocycles. The van der Waals surface area contributed by atoms with Gasteiger partial charge >= 0.3 is 0 Å². The van der Waals surface area contributed by atoms with Crippen LogP contribution in [0, 0.1) is 10.5 Å². The van der Waals surface area contributed by atoms with Crippen LogP contribution in [0.3, 0.4) is 0 Å². The summed E-state index contributed by atoms with van der Waals surface area (Å²) in [4.78, 5) is 14.2. The number of carbonyl (C=O) groups is 1. The van der Waals surface area contributed by atoms with Crippen molar-refractivity contribution < 1.29 is 4.79 Å². The molecule has 1 amide bonds. The summed E-state index contributed by atoms with van der Waals surface area (Å²) in [7, 11) is 1.78. The van der Waals surface area contributed by atoms with E-state index >= 15 is 0 Å². The molecule has 3 heteroatoms. The molecule has 0 aromatic heterocycles. The molecule has 0 fully saturated rings. The highest BCUT2D eigenvalue weighted by molar-refractivity contribution is 14.1. The average molecular weight is 377 g/mol. The molecule has 0 radical (unpaired) electrons.